The molecule has 0 saturated heterocycles. The van der Waals surface area contributed by atoms with Gasteiger partial charge in [-0.05, 0) is 6.42 Å². The molecule has 4 heteroatoms. The molecule has 0 amide bonds. The van der Waals surface area contributed by atoms with Crippen LogP contribution < -0.4 is 5.73 Å². The van der Waals surface area contributed by atoms with Gasteiger partial charge in [-0.1, -0.05) is 13.8 Å². The maximum Gasteiger partial charge on any atom is 0.306 e. The quantitative estimate of drug-likeness (QED) is 0.666. The smallest absolute Gasteiger partial charge is 0.306 e. The van der Waals surface area contributed by atoms with E-state index in [2.05, 4.69) is 11.7 Å². The van der Waals surface area contributed by atoms with E-state index in [1.807, 2.05) is 6.92 Å². The lowest BCUT2D eigenvalue weighted by Gasteiger charge is -2.12. The summed E-state index contributed by atoms with van der Waals surface area (Å²) < 4.78 is 4.57. The monoisotopic (exact) mass is 205 g/mol. The number of thioether (sulfide) groups is 1. The highest BCUT2D eigenvalue weighted by molar-refractivity contribution is 7.99. The average Bonchev–Trinajstić information content (AvgIpc) is 2.13. The van der Waals surface area contributed by atoms with Crippen LogP contribution in [0.5, 0.6) is 0 Å². The van der Waals surface area contributed by atoms with Gasteiger partial charge in [0.25, 0.3) is 0 Å². The molecule has 0 aromatic heterocycles. The lowest BCUT2D eigenvalue weighted by atomic mass is 10.3. The Labute approximate surface area is 84.4 Å². The Morgan fingerprint density at radius 1 is 1.62 bits per heavy atom. The number of rotatable bonds is 6. The molecule has 0 aliphatic rings. The van der Waals surface area contributed by atoms with E-state index in [0.717, 1.165) is 12.2 Å². The van der Waals surface area contributed by atoms with Crippen LogP contribution in [0.15, 0.2) is 0 Å². The number of carbonyl (C=O) groups is 1. The number of ether oxygens (including phenoxy) is 1. The first-order chi connectivity index (χ1) is 6.10. The SMILES string of the molecule is CCC(N)CSC(C)CC(=O)OC. The van der Waals surface area contributed by atoms with Crippen LogP contribution in [0.3, 0.4) is 0 Å². The molecule has 0 aromatic carbocycles. The first kappa shape index (κ1) is 12.8. The maximum atomic E-state index is 10.9. The van der Waals surface area contributed by atoms with Gasteiger partial charge < -0.3 is 10.5 Å². The van der Waals surface area contributed by atoms with Crippen molar-refractivity contribution in [2.75, 3.05) is 12.9 Å². The predicted octanol–water partition coefficient (Wildman–Crippen LogP) is 1.41. The van der Waals surface area contributed by atoms with Crippen molar-refractivity contribution < 1.29 is 9.53 Å². The van der Waals surface area contributed by atoms with Crippen molar-refractivity contribution in [1.29, 1.82) is 0 Å². The second kappa shape index (κ2) is 7.21. The number of hydrogen-bond donors (Lipinski definition) is 1. The van der Waals surface area contributed by atoms with Gasteiger partial charge in [0, 0.05) is 17.0 Å². The molecule has 0 bridgehead atoms. The van der Waals surface area contributed by atoms with Crippen LogP contribution in [0, 0.1) is 0 Å². The summed E-state index contributed by atoms with van der Waals surface area (Å²) in [5.41, 5.74) is 5.75. The largest absolute Gasteiger partial charge is 0.469 e. The third kappa shape index (κ3) is 6.90. The van der Waals surface area contributed by atoms with Gasteiger partial charge in [-0.2, -0.15) is 11.8 Å². The van der Waals surface area contributed by atoms with E-state index in [4.69, 9.17) is 5.73 Å². The first-order valence-corrected chi connectivity index (χ1v) is 5.59. The molecule has 0 spiro atoms. The minimum absolute atomic E-state index is 0.148. The molecular weight excluding hydrogens is 186 g/mol. The fourth-order valence-electron chi connectivity index (χ4n) is 0.783. The zero-order valence-electron chi connectivity index (χ0n) is 8.58. The van der Waals surface area contributed by atoms with Crippen molar-refractivity contribution in [2.24, 2.45) is 5.73 Å². The van der Waals surface area contributed by atoms with Crippen molar-refractivity contribution in [3.8, 4) is 0 Å². The molecule has 0 saturated carbocycles. The van der Waals surface area contributed by atoms with Gasteiger partial charge in [-0.25, -0.2) is 0 Å². The van der Waals surface area contributed by atoms with Crippen LogP contribution in [-0.2, 0) is 9.53 Å². The second-order valence-corrected chi connectivity index (χ2v) is 4.56. The van der Waals surface area contributed by atoms with Crippen LogP contribution >= 0.6 is 11.8 Å². The van der Waals surface area contributed by atoms with Gasteiger partial charge in [-0.15, -0.1) is 0 Å². The van der Waals surface area contributed by atoms with E-state index in [9.17, 15) is 4.79 Å². The Kier molecular flexibility index (Phi) is 7.09. The molecule has 0 radical (unpaired) electrons. The Bertz CT molecular complexity index is 153. The molecule has 0 heterocycles. The second-order valence-electron chi connectivity index (χ2n) is 3.09. The highest BCUT2D eigenvalue weighted by atomic mass is 32.2. The topological polar surface area (TPSA) is 52.3 Å². The lowest BCUT2D eigenvalue weighted by molar-refractivity contribution is -0.140. The van der Waals surface area contributed by atoms with E-state index in [1.165, 1.54) is 7.11 Å². The van der Waals surface area contributed by atoms with E-state index in [-0.39, 0.29) is 12.0 Å². The van der Waals surface area contributed by atoms with Crippen molar-refractivity contribution in [3.63, 3.8) is 0 Å². The van der Waals surface area contributed by atoms with E-state index in [1.54, 1.807) is 11.8 Å². The lowest BCUT2D eigenvalue weighted by Crippen LogP contribution is -2.23. The van der Waals surface area contributed by atoms with Gasteiger partial charge in [0.1, 0.15) is 0 Å². The third-order valence-corrected chi connectivity index (χ3v) is 3.16. The Hall–Kier alpha value is -0.220. The summed E-state index contributed by atoms with van der Waals surface area (Å²) in [6.45, 7) is 4.08. The molecule has 13 heavy (non-hydrogen) atoms. The molecule has 0 rings (SSSR count). The summed E-state index contributed by atoms with van der Waals surface area (Å²) in [7, 11) is 1.41. The van der Waals surface area contributed by atoms with Gasteiger partial charge in [0.2, 0.25) is 0 Å². The summed E-state index contributed by atoms with van der Waals surface area (Å²) >= 11 is 1.73. The standard InChI is InChI=1S/C9H19NO2S/c1-4-8(10)6-13-7(2)5-9(11)12-3/h7-8H,4-6,10H2,1-3H3. The molecule has 0 aromatic rings. The highest BCUT2D eigenvalue weighted by Crippen LogP contribution is 2.15. The zero-order chi connectivity index (χ0) is 10.3. The van der Waals surface area contributed by atoms with Gasteiger partial charge in [-0.3, -0.25) is 4.79 Å². The van der Waals surface area contributed by atoms with Gasteiger partial charge in [0.15, 0.2) is 0 Å². The van der Waals surface area contributed by atoms with Crippen LogP contribution in [0.2, 0.25) is 0 Å². The summed E-state index contributed by atoms with van der Waals surface area (Å²) in [5, 5.41) is 0.296. The molecule has 78 valence electrons. The maximum absolute atomic E-state index is 10.9. The Morgan fingerprint density at radius 3 is 2.69 bits per heavy atom. The van der Waals surface area contributed by atoms with Crippen molar-refractivity contribution in [2.45, 2.75) is 38.0 Å². The molecule has 0 aliphatic carbocycles. The summed E-state index contributed by atoms with van der Waals surface area (Å²) in [5.74, 6) is 0.763. The molecule has 2 unspecified atom stereocenters. The van der Waals surface area contributed by atoms with Crippen LogP contribution in [0.4, 0.5) is 0 Å². The number of carbonyl (C=O) groups excluding carboxylic acids is 1. The van der Waals surface area contributed by atoms with Crippen LogP contribution in [-0.4, -0.2) is 30.1 Å². The highest BCUT2D eigenvalue weighted by Gasteiger charge is 2.10. The van der Waals surface area contributed by atoms with Crippen molar-refractivity contribution >= 4 is 17.7 Å². The average molecular weight is 205 g/mol. The predicted molar refractivity (Wildman–Crippen MR) is 56.8 cm³/mol. The minimum atomic E-state index is -0.148. The van der Waals surface area contributed by atoms with Crippen molar-refractivity contribution in [1.82, 2.24) is 0 Å². The molecule has 0 fully saturated rings. The number of methoxy groups -OCH3 is 1. The number of nitrogens with two attached hydrogens (primary N) is 1. The third-order valence-electron chi connectivity index (χ3n) is 1.80. The van der Waals surface area contributed by atoms with E-state index < -0.39 is 0 Å². The van der Waals surface area contributed by atoms with Crippen LogP contribution in [0.25, 0.3) is 0 Å². The van der Waals surface area contributed by atoms with Gasteiger partial charge in [0.05, 0.1) is 13.5 Å². The van der Waals surface area contributed by atoms with E-state index >= 15 is 0 Å². The minimum Gasteiger partial charge on any atom is -0.469 e. The summed E-state index contributed by atoms with van der Waals surface area (Å²) in [4.78, 5) is 10.9. The summed E-state index contributed by atoms with van der Waals surface area (Å²) in [6, 6.07) is 0.241. The molecule has 2 N–H and O–H groups in total. The van der Waals surface area contributed by atoms with Gasteiger partial charge >= 0.3 is 5.97 Å². The molecular formula is C9H19NO2S. The van der Waals surface area contributed by atoms with Crippen molar-refractivity contribution in [3.05, 3.63) is 0 Å². The van der Waals surface area contributed by atoms with E-state index in [0.29, 0.717) is 11.7 Å². The number of hydrogen-bond acceptors (Lipinski definition) is 4. The zero-order valence-corrected chi connectivity index (χ0v) is 9.39. The fourth-order valence-corrected chi connectivity index (χ4v) is 1.85. The molecule has 2 atom stereocenters. The molecule has 3 nitrogen and oxygen atoms in total. The first-order valence-electron chi connectivity index (χ1n) is 4.54. The number of esters is 1. The fraction of sp³-hybridized carbons (Fsp3) is 0.889. The molecule has 0 aliphatic heterocycles. The summed E-state index contributed by atoms with van der Waals surface area (Å²) in [6.07, 6.45) is 1.45. The van der Waals surface area contributed by atoms with Crippen LogP contribution in [0.1, 0.15) is 26.7 Å². The Morgan fingerprint density at radius 2 is 2.23 bits per heavy atom. The Balaban J connectivity index is 3.50. The normalized spacial score (nSPS) is 15.1.